The van der Waals surface area contributed by atoms with Crippen molar-refractivity contribution >= 4 is 28.4 Å². The third kappa shape index (κ3) is 3.17. The van der Waals surface area contributed by atoms with Crippen molar-refractivity contribution in [1.29, 1.82) is 5.26 Å². The van der Waals surface area contributed by atoms with Gasteiger partial charge in [-0.3, -0.25) is 4.79 Å². The Morgan fingerprint density at radius 3 is 2.56 bits per heavy atom. The quantitative estimate of drug-likeness (QED) is 0.629. The van der Waals surface area contributed by atoms with Gasteiger partial charge in [-0.05, 0) is 52.4 Å². The van der Waals surface area contributed by atoms with E-state index in [0.29, 0.717) is 17.5 Å². The molecule has 0 atom stereocenters. The Morgan fingerprint density at radius 2 is 1.89 bits per heavy atom. The van der Waals surface area contributed by atoms with E-state index in [0.717, 1.165) is 9.13 Å². The van der Waals surface area contributed by atoms with Crippen LogP contribution in [-0.2, 0) is 6.42 Å². The van der Waals surface area contributed by atoms with Crippen molar-refractivity contribution in [3.63, 3.8) is 0 Å². The van der Waals surface area contributed by atoms with Crippen molar-refractivity contribution in [1.82, 2.24) is 0 Å². The molecule has 88 valence electrons. The Kier molecular flexibility index (Phi) is 4.11. The van der Waals surface area contributed by atoms with E-state index in [1.54, 1.807) is 18.2 Å². The lowest BCUT2D eigenvalue weighted by Crippen LogP contribution is -2.03. The van der Waals surface area contributed by atoms with Crippen molar-refractivity contribution in [2.75, 3.05) is 0 Å². The number of ketones is 1. The Labute approximate surface area is 119 Å². The van der Waals surface area contributed by atoms with Gasteiger partial charge in [0.15, 0.2) is 5.78 Å². The lowest BCUT2D eigenvalue weighted by molar-refractivity contribution is 0.0993. The van der Waals surface area contributed by atoms with Crippen molar-refractivity contribution in [3.8, 4) is 6.07 Å². The van der Waals surface area contributed by atoms with Crippen LogP contribution in [0.25, 0.3) is 0 Å². The summed E-state index contributed by atoms with van der Waals surface area (Å²) in [5.74, 6) is 0.0708. The minimum Gasteiger partial charge on any atom is -0.294 e. The second-order valence-corrected chi connectivity index (χ2v) is 5.16. The van der Waals surface area contributed by atoms with Gasteiger partial charge in [0.25, 0.3) is 0 Å². The monoisotopic (exact) mass is 347 g/mol. The Bertz CT molecular complexity index is 611. The smallest absolute Gasteiger partial charge is 0.167 e. The molecule has 0 unspecified atom stereocenters. The maximum atomic E-state index is 12.0. The second kappa shape index (κ2) is 5.78. The number of nitriles is 1. The Hall–Kier alpha value is -1.67. The van der Waals surface area contributed by atoms with E-state index in [2.05, 4.69) is 28.7 Å². The van der Waals surface area contributed by atoms with Gasteiger partial charge in [0, 0.05) is 15.6 Å². The molecule has 2 rings (SSSR count). The van der Waals surface area contributed by atoms with Gasteiger partial charge in [-0.15, -0.1) is 0 Å². The first kappa shape index (κ1) is 12.8. The van der Waals surface area contributed by atoms with E-state index in [1.165, 1.54) is 0 Å². The highest BCUT2D eigenvalue weighted by Crippen LogP contribution is 2.11. The van der Waals surface area contributed by atoms with Crippen LogP contribution in [0.3, 0.4) is 0 Å². The van der Waals surface area contributed by atoms with Crippen LogP contribution < -0.4 is 0 Å². The van der Waals surface area contributed by atoms with Gasteiger partial charge >= 0.3 is 0 Å². The first-order valence-corrected chi connectivity index (χ1v) is 6.55. The predicted octanol–water partition coefficient (Wildman–Crippen LogP) is 3.59. The van der Waals surface area contributed by atoms with Gasteiger partial charge < -0.3 is 0 Å². The zero-order chi connectivity index (χ0) is 13.0. The van der Waals surface area contributed by atoms with E-state index < -0.39 is 0 Å². The highest BCUT2D eigenvalue weighted by Gasteiger charge is 2.07. The average Bonchev–Trinajstić information content (AvgIpc) is 2.39. The fourth-order valence-corrected chi connectivity index (χ4v) is 2.03. The minimum atomic E-state index is 0.0708. The Balaban J connectivity index is 2.16. The third-order valence-corrected chi connectivity index (χ3v) is 3.31. The number of benzene rings is 2. The standard InChI is InChI=1S/C15H10INO/c16-14-6-4-13(5-7-14)15(18)9-11-2-1-3-12(8-11)10-17/h1-8H,9H2. The molecule has 0 aromatic heterocycles. The van der Waals surface area contributed by atoms with Crippen LogP contribution in [0, 0.1) is 14.9 Å². The van der Waals surface area contributed by atoms with Crippen LogP contribution in [0.4, 0.5) is 0 Å². The number of hydrogen-bond donors (Lipinski definition) is 0. The summed E-state index contributed by atoms with van der Waals surface area (Å²) >= 11 is 2.21. The summed E-state index contributed by atoms with van der Waals surface area (Å²) in [6, 6.07) is 16.7. The summed E-state index contributed by atoms with van der Waals surface area (Å²) in [7, 11) is 0. The SMILES string of the molecule is N#Cc1cccc(CC(=O)c2ccc(I)cc2)c1. The molecule has 0 fully saturated rings. The fourth-order valence-electron chi connectivity index (χ4n) is 1.67. The summed E-state index contributed by atoms with van der Waals surface area (Å²) in [6.07, 6.45) is 0.329. The van der Waals surface area contributed by atoms with Gasteiger partial charge in [-0.1, -0.05) is 24.3 Å². The highest BCUT2D eigenvalue weighted by atomic mass is 127. The van der Waals surface area contributed by atoms with Crippen molar-refractivity contribution in [3.05, 3.63) is 68.8 Å². The van der Waals surface area contributed by atoms with Gasteiger partial charge in [-0.2, -0.15) is 5.26 Å². The van der Waals surface area contributed by atoms with Crippen LogP contribution in [0.2, 0.25) is 0 Å². The number of carbonyl (C=O) groups is 1. The van der Waals surface area contributed by atoms with Crippen LogP contribution >= 0.6 is 22.6 Å². The van der Waals surface area contributed by atoms with E-state index in [4.69, 9.17) is 5.26 Å². The summed E-state index contributed by atoms with van der Waals surface area (Å²) in [6.45, 7) is 0. The first-order valence-electron chi connectivity index (χ1n) is 5.47. The van der Waals surface area contributed by atoms with Gasteiger partial charge in [0.05, 0.1) is 11.6 Å². The van der Waals surface area contributed by atoms with E-state index in [9.17, 15) is 4.79 Å². The number of carbonyl (C=O) groups excluding carboxylic acids is 1. The molecular formula is C15H10INO. The summed E-state index contributed by atoms with van der Waals surface area (Å²) in [5, 5.41) is 8.81. The molecule has 0 saturated heterocycles. The highest BCUT2D eigenvalue weighted by molar-refractivity contribution is 14.1. The third-order valence-electron chi connectivity index (χ3n) is 2.59. The maximum Gasteiger partial charge on any atom is 0.167 e. The van der Waals surface area contributed by atoms with E-state index in [-0.39, 0.29) is 5.78 Å². The molecule has 0 aliphatic carbocycles. The number of nitrogens with zero attached hydrogens (tertiary/aromatic N) is 1. The van der Waals surface area contributed by atoms with Crippen molar-refractivity contribution < 1.29 is 4.79 Å². The number of halogens is 1. The van der Waals surface area contributed by atoms with Gasteiger partial charge in [0.1, 0.15) is 0 Å². The molecule has 0 saturated carbocycles. The average molecular weight is 347 g/mol. The molecule has 18 heavy (non-hydrogen) atoms. The van der Waals surface area contributed by atoms with Crippen molar-refractivity contribution in [2.24, 2.45) is 0 Å². The van der Waals surface area contributed by atoms with E-state index in [1.807, 2.05) is 30.3 Å². The zero-order valence-corrected chi connectivity index (χ0v) is 11.7. The molecule has 0 bridgehead atoms. The van der Waals surface area contributed by atoms with Crippen LogP contribution in [-0.4, -0.2) is 5.78 Å². The maximum absolute atomic E-state index is 12.0. The number of Topliss-reactive ketones (excluding diaryl/α,β-unsaturated/α-hetero) is 1. The second-order valence-electron chi connectivity index (χ2n) is 3.92. The zero-order valence-electron chi connectivity index (χ0n) is 9.56. The fraction of sp³-hybridized carbons (Fsp3) is 0.0667. The molecule has 0 radical (unpaired) electrons. The van der Waals surface area contributed by atoms with Gasteiger partial charge in [0.2, 0.25) is 0 Å². The summed E-state index contributed by atoms with van der Waals surface area (Å²) < 4.78 is 1.11. The molecule has 0 N–H and O–H groups in total. The van der Waals surface area contributed by atoms with Crippen molar-refractivity contribution in [2.45, 2.75) is 6.42 Å². The number of rotatable bonds is 3. The van der Waals surface area contributed by atoms with Crippen LogP contribution in [0.15, 0.2) is 48.5 Å². The molecule has 0 spiro atoms. The molecular weight excluding hydrogens is 337 g/mol. The Morgan fingerprint density at radius 1 is 1.17 bits per heavy atom. The molecule has 2 nitrogen and oxygen atoms in total. The predicted molar refractivity (Wildman–Crippen MR) is 78.4 cm³/mol. The topological polar surface area (TPSA) is 40.9 Å². The molecule has 0 heterocycles. The van der Waals surface area contributed by atoms with E-state index >= 15 is 0 Å². The lowest BCUT2D eigenvalue weighted by atomic mass is 10.0. The summed E-state index contributed by atoms with van der Waals surface area (Å²) in [5.41, 5.74) is 2.17. The van der Waals surface area contributed by atoms with Crippen LogP contribution in [0.1, 0.15) is 21.5 Å². The molecule has 0 aliphatic heterocycles. The molecule has 2 aromatic carbocycles. The lowest BCUT2D eigenvalue weighted by Gasteiger charge is -2.02. The first-order chi connectivity index (χ1) is 8.69. The number of hydrogen-bond acceptors (Lipinski definition) is 2. The van der Waals surface area contributed by atoms with Gasteiger partial charge in [-0.25, -0.2) is 0 Å². The molecule has 0 amide bonds. The minimum absolute atomic E-state index is 0.0708. The molecule has 2 aromatic rings. The summed E-state index contributed by atoms with van der Waals surface area (Å²) in [4.78, 5) is 12.0. The molecule has 3 heteroatoms. The molecule has 0 aliphatic rings. The van der Waals surface area contributed by atoms with Crippen LogP contribution in [0.5, 0.6) is 0 Å². The normalized spacial score (nSPS) is 9.78. The largest absolute Gasteiger partial charge is 0.294 e.